The van der Waals surface area contributed by atoms with Crippen molar-refractivity contribution in [3.05, 3.63) is 53.1 Å². The summed E-state index contributed by atoms with van der Waals surface area (Å²) in [5.41, 5.74) is 1.85. The topological polar surface area (TPSA) is 50.8 Å². The third-order valence-electron chi connectivity index (χ3n) is 5.04. The largest absolute Gasteiger partial charge is 0.486 e. The molecule has 2 heterocycles. The van der Waals surface area contributed by atoms with Crippen LogP contribution in [-0.2, 0) is 11.3 Å². The smallest absolute Gasteiger partial charge is 0.228 e. The van der Waals surface area contributed by atoms with Crippen molar-refractivity contribution >= 4 is 23.2 Å². The lowest BCUT2D eigenvalue weighted by Gasteiger charge is -2.32. The third-order valence-corrected chi connectivity index (χ3v) is 5.41. The molecule has 5 nitrogen and oxygen atoms in total. The van der Waals surface area contributed by atoms with Gasteiger partial charge >= 0.3 is 0 Å². The maximum absolute atomic E-state index is 12.8. The SMILES string of the molecule is O=C(Nc1ccc2c(c1)OCCO2)[C@H]1CCCN(Cc2ccccc2Cl)C1. The minimum atomic E-state index is -0.0329. The number of halogens is 1. The second-order valence-electron chi connectivity index (χ2n) is 7.01. The molecule has 0 unspecified atom stereocenters. The Morgan fingerprint density at radius 3 is 2.81 bits per heavy atom. The fourth-order valence-corrected chi connectivity index (χ4v) is 3.84. The number of benzene rings is 2. The number of nitrogens with one attached hydrogen (secondary N) is 1. The summed E-state index contributed by atoms with van der Waals surface area (Å²) in [6.07, 6.45) is 1.90. The summed E-state index contributed by atoms with van der Waals surface area (Å²) in [6.45, 7) is 3.58. The van der Waals surface area contributed by atoms with E-state index in [1.54, 1.807) is 0 Å². The molecule has 27 heavy (non-hydrogen) atoms. The molecule has 0 spiro atoms. The lowest BCUT2D eigenvalue weighted by Crippen LogP contribution is -2.40. The molecular formula is C21H23ClN2O3. The molecule has 1 amide bonds. The molecule has 0 aromatic heterocycles. The number of carbonyl (C=O) groups is 1. The van der Waals surface area contributed by atoms with Crippen molar-refractivity contribution in [3.63, 3.8) is 0 Å². The number of hydrogen-bond donors (Lipinski definition) is 1. The molecule has 0 aliphatic carbocycles. The number of carbonyl (C=O) groups excluding carboxylic acids is 1. The summed E-state index contributed by atoms with van der Waals surface area (Å²) in [5.74, 6) is 1.43. The Bertz CT molecular complexity index is 827. The van der Waals surface area contributed by atoms with E-state index in [0.717, 1.165) is 54.5 Å². The molecule has 1 atom stereocenters. The van der Waals surface area contributed by atoms with Crippen LogP contribution in [0, 0.1) is 5.92 Å². The van der Waals surface area contributed by atoms with Gasteiger partial charge in [0.25, 0.3) is 0 Å². The first kappa shape index (κ1) is 18.1. The van der Waals surface area contributed by atoms with Gasteiger partial charge in [-0.15, -0.1) is 0 Å². The Morgan fingerprint density at radius 1 is 1.15 bits per heavy atom. The Labute approximate surface area is 164 Å². The van der Waals surface area contributed by atoms with Crippen LogP contribution in [0.1, 0.15) is 18.4 Å². The number of fused-ring (bicyclic) bond motifs is 1. The van der Waals surface area contributed by atoms with Gasteiger partial charge in [-0.2, -0.15) is 0 Å². The molecule has 0 radical (unpaired) electrons. The first-order valence-corrected chi connectivity index (χ1v) is 9.73. The van der Waals surface area contributed by atoms with Crippen molar-refractivity contribution in [1.82, 2.24) is 4.90 Å². The number of hydrogen-bond acceptors (Lipinski definition) is 4. The molecule has 1 saturated heterocycles. The van der Waals surface area contributed by atoms with Gasteiger partial charge in [-0.25, -0.2) is 0 Å². The fourth-order valence-electron chi connectivity index (χ4n) is 3.65. The van der Waals surface area contributed by atoms with Gasteiger partial charge in [-0.3, -0.25) is 9.69 Å². The molecular weight excluding hydrogens is 364 g/mol. The fraction of sp³-hybridized carbons (Fsp3) is 0.381. The Kier molecular flexibility index (Phi) is 5.50. The van der Waals surface area contributed by atoms with E-state index in [4.69, 9.17) is 21.1 Å². The first-order valence-electron chi connectivity index (χ1n) is 9.35. The lowest BCUT2D eigenvalue weighted by atomic mass is 9.96. The van der Waals surface area contributed by atoms with Crippen LogP contribution in [-0.4, -0.2) is 37.1 Å². The Morgan fingerprint density at radius 2 is 1.96 bits per heavy atom. The van der Waals surface area contributed by atoms with E-state index in [9.17, 15) is 4.79 Å². The molecule has 142 valence electrons. The number of piperidine rings is 1. The Balaban J connectivity index is 1.38. The summed E-state index contributed by atoms with van der Waals surface area (Å²) >= 11 is 6.28. The highest BCUT2D eigenvalue weighted by Gasteiger charge is 2.26. The summed E-state index contributed by atoms with van der Waals surface area (Å²) in [5, 5.41) is 3.81. The molecule has 4 rings (SSSR count). The normalized spacial score (nSPS) is 19.5. The minimum Gasteiger partial charge on any atom is -0.486 e. The summed E-state index contributed by atoms with van der Waals surface area (Å²) in [6, 6.07) is 13.4. The van der Waals surface area contributed by atoms with Crippen LogP contribution < -0.4 is 14.8 Å². The number of anilines is 1. The molecule has 0 bridgehead atoms. The van der Waals surface area contributed by atoms with Crippen LogP contribution in [0.3, 0.4) is 0 Å². The Hall–Kier alpha value is -2.24. The lowest BCUT2D eigenvalue weighted by molar-refractivity contribution is -0.121. The van der Waals surface area contributed by atoms with Crippen LogP contribution in [0.4, 0.5) is 5.69 Å². The van der Waals surface area contributed by atoms with Crippen molar-refractivity contribution < 1.29 is 14.3 Å². The molecule has 1 N–H and O–H groups in total. The van der Waals surface area contributed by atoms with Crippen LogP contribution in [0.15, 0.2) is 42.5 Å². The second kappa shape index (κ2) is 8.19. The maximum atomic E-state index is 12.8. The van der Waals surface area contributed by atoms with E-state index in [2.05, 4.69) is 10.2 Å². The van der Waals surface area contributed by atoms with Crippen molar-refractivity contribution in [3.8, 4) is 11.5 Å². The van der Waals surface area contributed by atoms with E-state index in [-0.39, 0.29) is 11.8 Å². The van der Waals surface area contributed by atoms with E-state index < -0.39 is 0 Å². The van der Waals surface area contributed by atoms with E-state index >= 15 is 0 Å². The summed E-state index contributed by atoms with van der Waals surface area (Å²) < 4.78 is 11.1. The summed E-state index contributed by atoms with van der Waals surface area (Å²) in [4.78, 5) is 15.1. The average molecular weight is 387 g/mol. The minimum absolute atomic E-state index is 0.0329. The molecule has 0 saturated carbocycles. The van der Waals surface area contributed by atoms with Crippen LogP contribution >= 0.6 is 11.6 Å². The van der Waals surface area contributed by atoms with Crippen molar-refractivity contribution in [2.75, 3.05) is 31.6 Å². The van der Waals surface area contributed by atoms with Gasteiger partial charge in [-0.05, 0) is 43.1 Å². The molecule has 2 aromatic carbocycles. The van der Waals surface area contributed by atoms with Crippen LogP contribution in [0.2, 0.25) is 5.02 Å². The molecule has 2 aliphatic rings. The molecule has 6 heteroatoms. The predicted octanol–water partition coefficient (Wildman–Crippen LogP) is 3.96. The van der Waals surface area contributed by atoms with E-state index in [1.807, 2.05) is 42.5 Å². The zero-order chi connectivity index (χ0) is 18.6. The molecule has 1 fully saturated rings. The standard InChI is InChI=1S/C21H23ClN2O3/c22-18-6-2-1-4-15(18)13-24-9-3-5-16(14-24)21(25)23-17-7-8-19-20(12-17)27-11-10-26-19/h1-2,4,6-8,12,16H,3,5,9-11,13-14H2,(H,23,25)/t16-/m0/s1. The number of rotatable bonds is 4. The number of nitrogens with zero attached hydrogens (tertiary/aromatic N) is 1. The number of likely N-dealkylation sites (tertiary alicyclic amines) is 1. The van der Waals surface area contributed by atoms with Gasteiger partial charge in [0.05, 0.1) is 5.92 Å². The highest BCUT2D eigenvalue weighted by Crippen LogP contribution is 2.33. The van der Waals surface area contributed by atoms with Gasteiger partial charge in [0, 0.05) is 29.9 Å². The third kappa shape index (κ3) is 4.37. The van der Waals surface area contributed by atoms with Crippen molar-refractivity contribution in [2.24, 2.45) is 5.92 Å². The van der Waals surface area contributed by atoms with Gasteiger partial charge in [0.15, 0.2) is 11.5 Å². The van der Waals surface area contributed by atoms with Crippen molar-refractivity contribution in [1.29, 1.82) is 0 Å². The van der Waals surface area contributed by atoms with Crippen LogP contribution in [0.25, 0.3) is 0 Å². The van der Waals surface area contributed by atoms with Gasteiger partial charge in [0.2, 0.25) is 5.91 Å². The molecule has 2 aliphatic heterocycles. The second-order valence-corrected chi connectivity index (χ2v) is 7.42. The zero-order valence-corrected chi connectivity index (χ0v) is 15.9. The van der Waals surface area contributed by atoms with Gasteiger partial charge in [-0.1, -0.05) is 29.8 Å². The molecule has 2 aromatic rings. The highest BCUT2D eigenvalue weighted by molar-refractivity contribution is 6.31. The first-order chi connectivity index (χ1) is 13.2. The quantitative estimate of drug-likeness (QED) is 0.864. The number of amides is 1. The maximum Gasteiger partial charge on any atom is 0.228 e. The van der Waals surface area contributed by atoms with Crippen molar-refractivity contribution in [2.45, 2.75) is 19.4 Å². The zero-order valence-electron chi connectivity index (χ0n) is 15.1. The predicted molar refractivity (Wildman–Crippen MR) is 106 cm³/mol. The van der Waals surface area contributed by atoms with Gasteiger partial charge in [0.1, 0.15) is 13.2 Å². The van der Waals surface area contributed by atoms with Gasteiger partial charge < -0.3 is 14.8 Å². The number of ether oxygens (including phenoxy) is 2. The monoisotopic (exact) mass is 386 g/mol. The summed E-state index contributed by atoms with van der Waals surface area (Å²) in [7, 11) is 0. The van der Waals surface area contributed by atoms with E-state index in [1.165, 1.54) is 0 Å². The van der Waals surface area contributed by atoms with Crippen LogP contribution in [0.5, 0.6) is 11.5 Å². The highest BCUT2D eigenvalue weighted by atomic mass is 35.5. The average Bonchev–Trinajstić information content (AvgIpc) is 2.70. The van der Waals surface area contributed by atoms with E-state index in [0.29, 0.717) is 19.0 Å².